The quantitative estimate of drug-likeness (QED) is 0.291. The van der Waals surface area contributed by atoms with Gasteiger partial charge in [-0.3, -0.25) is 24.0 Å². The van der Waals surface area contributed by atoms with Crippen molar-refractivity contribution >= 4 is 16.9 Å². The Morgan fingerprint density at radius 1 is 0.840 bits per heavy atom. The second kappa shape index (κ2) is 15.4. The van der Waals surface area contributed by atoms with Crippen LogP contribution < -0.4 is 16.6 Å². The van der Waals surface area contributed by atoms with E-state index in [1.807, 2.05) is 24.3 Å². The molecule has 0 unspecified atom stereocenters. The van der Waals surface area contributed by atoms with E-state index in [2.05, 4.69) is 56.3 Å². The number of amides is 1. The van der Waals surface area contributed by atoms with Gasteiger partial charge in [-0.2, -0.15) is 0 Å². The lowest BCUT2D eigenvalue weighted by atomic mass is 9.91. The number of nitrogens with zero attached hydrogens (tertiary/aromatic N) is 6. The number of pyridine rings is 1. The summed E-state index contributed by atoms with van der Waals surface area (Å²) < 4.78 is 17.3. The number of rotatable bonds is 8. The Hall–Kier alpha value is -4.19. The Morgan fingerprint density at radius 2 is 1.60 bits per heavy atom. The minimum absolute atomic E-state index is 0.00448. The molecule has 3 aliphatic rings. The zero-order chi connectivity index (χ0) is 34.6. The van der Waals surface area contributed by atoms with Gasteiger partial charge in [0.1, 0.15) is 5.82 Å². The van der Waals surface area contributed by atoms with E-state index in [9.17, 15) is 18.8 Å². The molecular formula is C39H48FN7O3. The molecule has 2 aromatic carbocycles. The number of halogens is 1. The maximum Gasteiger partial charge on any atom is 0.337 e. The van der Waals surface area contributed by atoms with Gasteiger partial charge < -0.3 is 10.2 Å². The predicted molar refractivity (Wildman–Crippen MR) is 194 cm³/mol. The molecule has 7 rings (SSSR count). The highest BCUT2D eigenvalue weighted by Crippen LogP contribution is 2.28. The molecule has 0 atom stereocenters. The summed E-state index contributed by atoms with van der Waals surface area (Å²) >= 11 is 0. The Labute approximate surface area is 292 Å². The molecule has 3 fully saturated rings. The normalized spacial score (nSPS) is 21.2. The fourth-order valence-electron chi connectivity index (χ4n) is 7.95. The van der Waals surface area contributed by atoms with E-state index in [1.165, 1.54) is 33.6 Å². The van der Waals surface area contributed by atoms with Gasteiger partial charge in [0, 0.05) is 31.7 Å². The van der Waals surface area contributed by atoms with Gasteiger partial charge in [-0.15, -0.1) is 0 Å². The molecule has 1 saturated carbocycles. The number of hydrogen-bond donors (Lipinski definition) is 1. The summed E-state index contributed by atoms with van der Waals surface area (Å²) in [7, 11) is 2.18. The first-order chi connectivity index (χ1) is 24.3. The first-order valence-corrected chi connectivity index (χ1v) is 18.3. The average molecular weight is 682 g/mol. The zero-order valence-electron chi connectivity index (χ0n) is 29.0. The molecule has 4 aromatic rings. The Balaban J connectivity index is 1.12. The fraction of sp³-hybridized carbons (Fsp3) is 0.487. The molecule has 1 amide bonds. The number of carbonyl (C=O) groups excluding carboxylic acids is 1. The lowest BCUT2D eigenvalue weighted by Crippen LogP contribution is -2.47. The number of hydrogen-bond acceptors (Lipinski definition) is 7. The second-order valence-corrected chi connectivity index (χ2v) is 14.4. The van der Waals surface area contributed by atoms with Gasteiger partial charge in [-0.1, -0.05) is 42.8 Å². The first kappa shape index (κ1) is 34.3. The molecule has 10 nitrogen and oxygen atoms in total. The third kappa shape index (κ3) is 7.75. The average Bonchev–Trinajstić information content (AvgIpc) is 3.33. The fourth-order valence-corrected chi connectivity index (χ4v) is 7.95. The van der Waals surface area contributed by atoms with Crippen LogP contribution in [-0.4, -0.2) is 93.6 Å². The highest BCUT2D eigenvalue weighted by Gasteiger charge is 2.28. The maximum atomic E-state index is 14.5. The van der Waals surface area contributed by atoms with Crippen LogP contribution in [0.1, 0.15) is 63.0 Å². The summed E-state index contributed by atoms with van der Waals surface area (Å²) in [6.45, 7) is 7.59. The van der Waals surface area contributed by atoms with Gasteiger partial charge in [-0.25, -0.2) is 18.7 Å². The molecule has 2 aromatic heterocycles. The Bertz CT molecular complexity index is 1930. The Morgan fingerprint density at radius 3 is 2.38 bits per heavy atom. The van der Waals surface area contributed by atoms with Crippen molar-refractivity contribution in [1.82, 2.24) is 34.1 Å². The number of benzene rings is 2. The number of fused-ring (bicyclic) bond motifs is 1. The maximum absolute atomic E-state index is 14.5. The molecule has 264 valence electrons. The lowest BCUT2D eigenvalue weighted by Gasteiger charge is -2.31. The van der Waals surface area contributed by atoms with E-state index in [-0.39, 0.29) is 29.0 Å². The van der Waals surface area contributed by atoms with E-state index in [1.54, 1.807) is 0 Å². The van der Waals surface area contributed by atoms with Crippen LogP contribution in [0.3, 0.4) is 0 Å². The van der Waals surface area contributed by atoms with Crippen molar-refractivity contribution in [2.75, 3.05) is 52.9 Å². The van der Waals surface area contributed by atoms with Gasteiger partial charge in [0.05, 0.1) is 23.8 Å². The molecule has 1 N–H and O–H groups in total. The smallest absolute Gasteiger partial charge is 0.337 e. The molecule has 0 radical (unpaired) electrons. The van der Waals surface area contributed by atoms with Crippen molar-refractivity contribution in [3.05, 3.63) is 93.0 Å². The third-order valence-corrected chi connectivity index (χ3v) is 10.7. The standard InChI is InChI=1S/C39H48FN7O3/c1-43-17-6-20-45(22-21-43)26-28-9-11-29(12-10-28)30-7-5-8-34(23-30)46-37-35(24-31(40)25-41-37)38(49)47(39(46)50)33-15-13-32(14-16-33)42-36(48)27-44-18-3-2-4-19-44/h5,7-12,23-25,32-33H,2-4,6,13-22,26-27H2,1H3,(H,42,48)/t32-,33+. The highest BCUT2D eigenvalue weighted by atomic mass is 19.1. The summed E-state index contributed by atoms with van der Waals surface area (Å²) in [5.74, 6) is -0.602. The Kier molecular flexibility index (Phi) is 10.5. The van der Waals surface area contributed by atoms with Gasteiger partial charge >= 0.3 is 5.69 Å². The van der Waals surface area contributed by atoms with Crippen molar-refractivity contribution in [3.8, 4) is 16.8 Å². The molecule has 11 heteroatoms. The number of nitrogens with one attached hydrogen (secondary N) is 1. The molecule has 2 saturated heterocycles. The van der Waals surface area contributed by atoms with E-state index >= 15 is 0 Å². The molecule has 50 heavy (non-hydrogen) atoms. The van der Waals surface area contributed by atoms with Crippen LogP contribution >= 0.6 is 0 Å². The summed E-state index contributed by atoms with van der Waals surface area (Å²) in [6, 6.07) is 17.0. The summed E-state index contributed by atoms with van der Waals surface area (Å²) in [4.78, 5) is 52.2. The van der Waals surface area contributed by atoms with Crippen molar-refractivity contribution < 1.29 is 9.18 Å². The van der Waals surface area contributed by atoms with Crippen LogP contribution in [0, 0.1) is 5.82 Å². The largest absolute Gasteiger partial charge is 0.352 e. The number of likely N-dealkylation sites (tertiary alicyclic amines) is 1. The molecule has 1 aliphatic carbocycles. The molecular weight excluding hydrogens is 633 g/mol. The van der Waals surface area contributed by atoms with Crippen LogP contribution in [0.4, 0.5) is 4.39 Å². The summed E-state index contributed by atoms with van der Waals surface area (Å²) in [5, 5.41) is 3.24. The minimum atomic E-state index is -0.632. The van der Waals surface area contributed by atoms with E-state index in [0.29, 0.717) is 37.9 Å². The topological polar surface area (TPSA) is 95.7 Å². The highest BCUT2D eigenvalue weighted by molar-refractivity contribution is 5.78. The van der Waals surface area contributed by atoms with Crippen LogP contribution in [0.2, 0.25) is 0 Å². The number of piperidine rings is 1. The minimum Gasteiger partial charge on any atom is -0.352 e. The van der Waals surface area contributed by atoms with E-state index in [4.69, 9.17) is 0 Å². The number of aromatic nitrogens is 3. The van der Waals surface area contributed by atoms with Crippen LogP contribution in [0.15, 0.2) is 70.4 Å². The predicted octanol–water partition coefficient (Wildman–Crippen LogP) is 4.58. The molecule has 0 spiro atoms. The summed E-state index contributed by atoms with van der Waals surface area (Å²) in [6.07, 6.45) is 8.11. The van der Waals surface area contributed by atoms with Crippen LogP contribution in [-0.2, 0) is 11.3 Å². The van der Waals surface area contributed by atoms with Gasteiger partial charge in [0.2, 0.25) is 5.91 Å². The van der Waals surface area contributed by atoms with Crippen LogP contribution in [0.5, 0.6) is 0 Å². The SMILES string of the molecule is CN1CCCN(Cc2ccc(-c3cccc(-n4c(=O)n([C@H]5CC[C@@H](NC(=O)CN6CCCCC6)CC5)c(=O)c5cc(F)cnc54)c3)cc2)CC1. The van der Waals surface area contributed by atoms with Crippen molar-refractivity contribution in [3.63, 3.8) is 0 Å². The molecule has 2 aliphatic heterocycles. The zero-order valence-corrected chi connectivity index (χ0v) is 29.0. The van der Waals surface area contributed by atoms with Crippen molar-refractivity contribution in [2.24, 2.45) is 0 Å². The summed E-state index contributed by atoms with van der Waals surface area (Å²) in [5.41, 5.74) is 2.85. The van der Waals surface area contributed by atoms with E-state index in [0.717, 1.165) is 76.0 Å². The first-order valence-electron chi connectivity index (χ1n) is 18.3. The second-order valence-electron chi connectivity index (χ2n) is 14.4. The number of likely N-dealkylation sites (N-methyl/N-ethyl adjacent to an activating group) is 1. The van der Waals surface area contributed by atoms with Crippen LogP contribution in [0.25, 0.3) is 27.8 Å². The van der Waals surface area contributed by atoms with Crippen molar-refractivity contribution in [2.45, 2.75) is 70.0 Å². The molecule has 4 heterocycles. The van der Waals surface area contributed by atoms with Gasteiger partial charge in [-0.05, 0) is 113 Å². The monoisotopic (exact) mass is 681 g/mol. The van der Waals surface area contributed by atoms with Gasteiger partial charge in [0.15, 0.2) is 5.65 Å². The third-order valence-electron chi connectivity index (χ3n) is 10.7. The molecule has 0 bridgehead atoms. The number of carbonyl (C=O) groups is 1. The van der Waals surface area contributed by atoms with E-state index < -0.39 is 17.1 Å². The van der Waals surface area contributed by atoms with Gasteiger partial charge in [0.25, 0.3) is 5.56 Å². The van der Waals surface area contributed by atoms with Crippen molar-refractivity contribution in [1.29, 1.82) is 0 Å². The lowest BCUT2D eigenvalue weighted by molar-refractivity contribution is -0.123.